The Labute approximate surface area is 128 Å². The van der Waals surface area contributed by atoms with Crippen LogP contribution in [0.2, 0.25) is 5.02 Å². The SMILES string of the molecule is NC(=O)CN[C@@H]1C[C@H]1c1ccc(-c2ccc(Cl)cc2)nc1. The van der Waals surface area contributed by atoms with Crippen LogP contribution in [0.15, 0.2) is 42.6 Å². The summed E-state index contributed by atoms with van der Waals surface area (Å²) >= 11 is 5.88. The molecule has 2 atom stereocenters. The van der Waals surface area contributed by atoms with Crippen LogP contribution in [0.3, 0.4) is 0 Å². The fraction of sp³-hybridized carbons (Fsp3) is 0.250. The van der Waals surface area contributed by atoms with Crippen molar-refractivity contribution in [3.63, 3.8) is 0 Å². The number of primary amides is 1. The Morgan fingerprint density at radius 2 is 2.05 bits per heavy atom. The number of pyridine rings is 1. The Morgan fingerprint density at radius 3 is 2.67 bits per heavy atom. The van der Waals surface area contributed by atoms with E-state index in [2.05, 4.69) is 16.4 Å². The zero-order valence-corrected chi connectivity index (χ0v) is 12.2. The number of nitrogens with zero attached hydrogens (tertiary/aromatic N) is 1. The number of benzene rings is 1. The van der Waals surface area contributed by atoms with Crippen LogP contribution in [-0.4, -0.2) is 23.5 Å². The van der Waals surface area contributed by atoms with E-state index in [0.717, 1.165) is 22.7 Å². The average molecular weight is 302 g/mol. The van der Waals surface area contributed by atoms with E-state index < -0.39 is 0 Å². The standard InChI is InChI=1S/C16H16ClN3O/c17-12-4-1-10(2-5-12)14-6-3-11(8-19-14)13-7-15(13)20-9-16(18)21/h1-6,8,13,15,20H,7,9H2,(H2,18,21)/t13-,15+/m0/s1. The zero-order chi connectivity index (χ0) is 14.8. The van der Waals surface area contributed by atoms with E-state index in [-0.39, 0.29) is 12.5 Å². The quantitative estimate of drug-likeness (QED) is 0.890. The van der Waals surface area contributed by atoms with Crippen molar-refractivity contribution >= 4 is 17.5 Å². The highest BCUT2D eigenvalue weighted by molar-refractivity contribution is 6.30. The molecule has 1 aromatic carbocycles. The molecule has 1 aromatic heterocycles. The lowest BCUT2D eigenvalue weighted by Gasteiger charge is -2.04. The van der Waals surface area contributed by atoms with Gasteiger partial charge in [-0.3, -0.25) is 9.78 Å². The largest absolute Gasteiger partial charge is 0.369 e. The molecule has 5 heteroatoms. The summed E-state index contributed by atoms with van der Waals surface area (Å²) in [6.07, 6.45) is 2.93. The first kappa shape index (κ1) is 14.0. The van der Waals surface area contributed by atoms with Crippen molar-refractivity contribution in [2.24, 2.45) is 5.73 Å². The van der Waals surface area contributed by atoms with Crippen molar-refractivity contribution in [1.29, 1.82) is 0 Å². The normalized spacial score (nSPS) is 20.2. The van der Waals surface area contributed by atoms with Gasteiger partial charge in [0, 0.05) is 28.7 Å². The summed E-state index contributed by atoms with van der Waals surface area (Å²) in [5, 5.41) is 3.86. The highest BCUT2D eigenvalue weighted by Crippen LogP contribution is 2.40. The number of carbonyl (C=O) groups is 1. The molecule has 1 aliphatic carbocycles. The summed E-state index contributed by atoms with van der Waals surface area (Å²) in [4.78, 5) is 15.2. The third kappa shape index (κ3) is 3.40. The van der Waals surface area contributed by atoms with Gasteiger partial charge in [-0.25, -0.2) is 0 Å². The van der Waals surface area contributed by atoms with Crippen LogP contribution in [0, 0.1) is 0 Å². The maximum Gasteiger partial charge on any atom is 0.231 e. The maximum absolute atomic E-state index is 10.7. The fourth-order valence-corrected chi connectivity index (χ4v) is 2.56. The molecule has 0 spiro atoms. The minimum atomic E-state index is -0.322. The van der Waals surface area contributed by atoms with Gasteiger partial charge in [-0.1, -0.05) is 29.8 Å². The van der Waals surface area contributed by atoms with Crippen molar-refractivity contribution in [2.45, 2.75) is 18.4 Å². The first-order valence-corrected chi connectivity index (χ1v) is 7.25. The average Bonchev–Trinajstić information content (AvgIpc) is 3.26. The van der Waals surface area contributed by atoms with Crippen LogP contribution in [0.25, 0.3) is 11.3 Å². The molecule has 1 fully saturated rings. The molecule has 3 rings (SSSR count). The van der Waals surface area contributed by atoms with Gasteiger partial charge in [0.25, 0.3) is 0 Å². The van der Waals surface area contributed by atoms with Gasteiger partial charge in [0.1, 0.15) is 0 Å². The van der Waals surface area contributed by atoms with E-state index in [0.29, 0.717) is 12.0 Å². The van der Waals surface area contributed by atoms with Crippen molar-refractivity contribution in [2.75, 3.05) is 6.54 Å². The third-order valence-electron chi connectivity index (χ3n) is 3.68. The van der Waals surface area contributed by atoms with Gasteiger partial charge in [0.05, 0.1) is 12.2 Å². The van der Waals surface area contributed by atoms with Crippen molar-refractivity contribution in [3.8, 4) is 11.3 Å². The highest BCUT2D eigenvalue weighted by atomic mass is 35.5. The van der Waals surface area contributed by atoms with Gasteiger partial charge >= 0.3 is 0 Å². The second-order valence-corrected chi connectivity index (χ2v) is 5.72. The molecule has 4 nitrogen and oxygen atoms in total. The molecule has 108 valence electrons. The number of hydrogen-bond acceptors (Lipinski definition) is 3. The summed E-state index contributed by atoms with van der Waals surface area (Å²) < 4.78 is 0. The number of halogens is 1. The van der Waals surface area contributed by atoms with Gasteiger partial charge in [-0.2, -0.15) is 0 Å². The molecule has 3 N–H and O–H groups in total. The number of nitrogens with two attached hydrogens (primary N) is 1. The molecule has 1 heterocycles. The minimum absolute atomic E-state index is 0.234. The van der Waals surface area contributed by atoms with E-state index in [1.807, 2.05) is 36.5 Å². The number of rotatable bonds is 5. The Balaban J connectivity index is 1.65. The first-order chi connectivity index (χ1) is 10.1. The van der Waals surface area contributed by atoms with Crippen LogP contribution in [0.5, 0.6) is 0 Å². The summed E-state index contributed by atoms with van der Waals surface area (Å²) in [6.45, 7) is 0.234. The molecule has 1 saturated carbocycles. The maximum atomic E-state index is 10.7. The van der Waals surface area contributed by atoms with Crippen molar-refractivity contribution in [1.82, 2.24) is 10.3 Å². The van der Waals surface area contributed by atoms with E-state index in [1.165, 1.54) is 5.56 Å². The topological polar surface area (TPSA) is 68.0 Å². The van der Waals surface area contributed by atoms with Gasteiger partial charge in [0.2, 0.25) is 5.91 Å². The lowest BCUT2D eigenvalue weighted by Crippen LogP contribution is -2.30. The molecular formula is C16H16ClN3O. The van der Waals surface area contributed by atoms with Gasteiger partial charge in [0.15, 0.2) is 0 Å². The Kier molecular flexibility index (Phi) is 3.90. The van der Waals surface area contributed by atoms with E-state index in [9.17, 15) is 4.79 Å². The van der Waals surface area contributed by atoms with E-state index in [4.69, 9.17) is 17.3 Å². The number of amides is 1. The molecule has 2 aromatic rings. The summed E-state index contributed by atoms with van der Waals surface area (Å²) in [7, 11) is 0. The molecule has 1 aliphatic rings. The van der Waals surface area contributed by atoms with Gasteiger partial charge in [-0.05, 0) is 30.2 Å². The molecule has 0 radical (unpaired) electrons. The first-order valence-electron chi connectivity index (χ1n) is 6.87. The van der Waals surface area contributed by atoms with Crippen molar-refractivity contribution in [3.05, 3.63) is 53.2 Å². The third-order valence-corrected chi connectivity index (χ3v) is 3.94. The van der Waals surface area contributed by atoms with E-state index >= 15 is 0 Å². The smallest absolute Gasteiger partial charge is 0.231 e. The second kappa shape index (κ2) is 5.84. The summed E-state index contributed by atoms with van der Waals surface area (Å²) in [6, 6.07) is 12.1. The Hall–Kier alpha value is -1.91. The lowest BCUT2D eigenvalue weighted by atomic mass is 10.1. The van der Waals surface area contributed by atoms with Gasteiger partial charge < -0.3 is 11.1 Å². The molecular weight excluding hydrogens is 286 g/mol. The van der Waals surface area contributed by atoms with Crippen molar-refractivity contribution < 1.29 is 4.79 Å². The molecule has 0 saturated heterocycles. The summed E-state index contributed by atoms with van der Waals surface area (Å²) in [5.41, 5.74) is 8.29. The number of hydrogen-bond donors (Lipinski definition) is 2. The number of nitrogens with one attached hydrogen (secondary N) is 1. The molecule has 0 aliphatic heterocycles. The van der Waals surface area contributed by atoms with Crippen LogP contribution in [0.1, 0.15) is 17.9 Å². The monoisotopic (exact) mass is 301 g/mol. The molecule has 21 heavy (non-hydrogen) atoms. The van der Waals surface area contributed by atoms with Gasteiger partial charge in [-0.15, -0.1) is 0 Å². The molecule has 1 amide bonds. The Bertz CT molecular complexity index is 640. The summed E-state index contributed by atoms with van der Waals surface area (Å²) in [5.74, 6) is 0.105. The Morgan fingerprint density at radius 1 is 1.29 bits per heavy atom. The van der Waals surface area contributed by atoms with Crippen LogP contribution >= 0.6 is 11.6 Å². The molecule has 0 unspecified atom stereocenters. The van der Waals surface area contributed by atoms with E-state index in [1.54, 1.807) is 0 Å². The van der Waals surface area contributed by atoms with Crippen LogP contribution in [-0.2, 0) is 4.79 Å². The minimum Gasteiger partial charge on any atom is -0.369 e. The van der Waals surface area contributed by atoms with Crippen LogP contribution < -0.4 is 11.1 Å². The predicted octanol–water partition coefficient (Wildman–Crippen LogP) is 2.33. The number of carbonyl (C=O) groups excluding carboxylic acids is 1. The number of aromatic nitrogens is 1. The highest BCUT2D eigenvalue weighted by Gasteiger charge is 2.38. The van der Waals surface area contributed by atoms with Crippen LogP contribution in [0.4, 0.5) is 0 Å². The zero-order valence-electron chi connectivity index (χ0n) is 11.4. The lowest BCUT2D eigenvalue weighted by molar-refractivity contribution is -0.117. The fourth-order valence-electron chi connectivity index (χ4n) is 2.44. The molecule has 0 bridgehead atoms. The second-order valence-electron chi connectivity index (χ2n) is 5.28. The predicted molar refractivity (Wildman–Crippen MR) is 83.0 cm³/mol.